The lowest BCUT2D eigenvalue weighted by molar-refractivity contribution is -0.141. The number of hydrogen-bond acceptors (Lipinski definition) is 6. The zero-order valence-corrected chi connectivity index (χ0v) is 23.2. The summed E-state index contributed by atoms with van der Waals surface area (Å²) in [4.78, 5) is 57.4. The molecule has 1 saturated heterocycles. The van der Waals surface area contributed by atoms with Gasteiger partial charge in [-0.05, 0) is 66.9 Å². The Morgan fingerprint density at radius 2 is 1.90 bits per heavy atom. The first-order chi connectivity index (χ1) is 20.1. The third kappa shape index (κ3) is 5.70. The number of likely N-dealkylation sites (tertiary alicyclic amines) is 1. The highest BCUT2D eigenvalue weighted by Crippen LogP contribution is 2.45. The van der Waals surface area contributed by atoms with E-state index in [-0.39, 0.29) is 41.2 Å². The zero-order valence-electron chi connectivity index (χ0n) is 22.5. The summed E-state index contributed by atoms with van der Waals surface area (Å²) in [5.41, 5.74) is 0.168. The minimum absolute atomic E-state index is 0.0771. The van der Waals surface area contributed by atoms with Gasteiger partial charge in [0.2, 0.25) is 5.91 Å². The summed E-state index contributed by atoms with van der Waals surface area (Å²) in [7, 11) is 1.38. The number of ether oxygens (including phenoxy) is 1. The first kappa shape index (κ1) is 28.8. The molecule has 3 N–H and O–H groups in total. The van der Waals surface area contributed by atoms with E-state index in [4.69, 9.17) is 16.3 Å². The van der Waals surface area contributed by atoms with Gasteiger partial charge in [0.05, 0.1) is 22.8 Å². The fourth-order valence-electron chi connectivity index (χ4n) is 5.33. The molecule has 0 aliphatic carbocycles. The van der Waals surface area contributed by atoms with E-state index in [1.54, 1.807) is 24.5 Å². The van der Waals surface area contributed by atoms with Crippen molar-refractivity contribution in [1.29, 1.82) is 0 Å². The second kappa shape index (κ2) is 11.6. The standard InChI is InChI=1S/C29H27ClFN5O6/c1-35(28(40)41)19-5-3-18(4-6-19)25(37)33-22(15-17-9-12-32-13-10-17)26(38)36-14-2-11-29(16-36)23-21(34-27(39)42-29)8-7-20(30)24(23)31/h3-10,12-13,22H,2,11,14-16H2,1H3,(H,33,37)(H,34,39)(H,40,41)/t22-,29-/m0/s1. The van der Waals surface area contributed by atoms with E-state index in [1.807, 2.05) is 0 Å². The Labute approximate surface area is 245 Å². The second-order valence-electron chi connectivity index (χ2n) is 10.1. The van der Waals surface area contributed by atoms with Crippen molar-refractivity contribution in [2.24, 2.45) is 0 Å². The van der Waals surface area contributed by atoms with Gasteiger partial charge in [-0.3, -0.25) is 24.8 Å². The Morgan fingerprint density at radius 1 is 1.19 bits per heavy atom. The molecule has 1 fully saturated rings. The van der Waals surface area contributed by atoms with Crippen LogP contribution in [-0.4, -0.2) is 65.2 Å². The van der Waals surface area contributed by atoms with Crippen molar-refractivity contribution in [3.63, 3.8) is 0 Å². The van der Waals surface area contributed by atoms with Crippen molar-refractivity contribution < 1.29 is 33.4 Å². The number of fused-ring (bicyclic) bond motifs is 2. The number of halogens is 2. The van der Waals surface area contributed by atoms with E-state index in [2.05, 4.69) is 15.6 Å². The maximum atomic E-state index is 15.3. The molecular formula is C29H27ClFN5O6. The number of amides is 4. The van der Waals surface area contributed by atoms with Crippen LogP contribution in [-0.2, 0) is 21.6 Å². The maximum Gasteiger partial charge on any atom is 0.412 e. The lowest BCUT2D eigenvalue weighted by Crippen LogP contribution is -2.57. The van der Waals surface area contributed by atoms with Gasteiger partial charge in [-0.1, -0.05) is 11.6 Å². The highest BCUT2D eigenvalue weighted by Gasteiger charge is 2.49. The normalized spacial score (nSPS) is 18.4. The van der Waals surface area contributed by atoms with Gasteiger partial charge >= 0.3 is 12.2 Å². The molecule has 1 spiro atoms. The molecule has 2 aliphatic heterocycles. The van der Waals surface area contributed by atoms with Gasteiger partial charge in [0, 0.05) is 43.7 Å². The molecule has 218 valence electrons. The van der Waals surface area contributed by atoms with Gasteiger partial charge in [0.15, 0.2) is 11.4 Å². The quantitative estimate of drug-likeness (QED) is 0.383. The van der Waals surface area contributed by atoms with E-state index in [9.17, 15) is 24.3 Å². The van der Waals surface area contributed by atoms with Crippen LogP contribution >= 0.6 is 11.6 Å². The van der Waals surface area contributed by atoms with Gasteiger partial charge in [-0.15, -0.1) is 0 Å². The molecule has 0 saturated carbocycles. The summed E-state index contributed by atoms with van der Waals surface area (Å²) < 4.78 is 21.0. The second-order valence-corrected chi connectivity index (χ2v) is 10.5. The van der Waals surface area contributed by atoms with Crippen LogP contribution in [0, 0.1) is 5.82 Å². The van der Waals surface area contributed by atoms with Crippen LogP contribution in [0.2, 0.25) is 5.02 Å². The molecule has 2 aliphatic rings. The molecular weight excluding hydrogens is 569 g/mol. The Bertz CT molecular complexity index is 1540. The van der Waals surface area contributed by atoms with Gasteiger partial charge in [-0.25, -0.2) is 14.0 Å². The maximum absolute atomic E-state index is 15.3. The Balaban J connectivity index is 1.42. The number of carbonyl (C=O) groups excluding carboxylic acids is 3. The van der Waals surface area contributed by atoms with E-state index >= 15 is 4.39 Å². The molecule has 3 heterocycles. The van der Waals surface area contributed by atoms with Gasteiger partial charge in [-0.2, -0.15) is 0 Å². The van der Waals surface area contributed by atoms with Crippen molar-refractivity contribution in [3.8, 4) is 0 Å². The number of hydrogen-bond donors (Lipinski definition) is 3. The van der Waals surface area contributed by atoms with Crippen molar-refractivity contribution in [1.82, 2.24) is 15.2 Å². The summed E-state index contributed by atoms with van der Waals surface area (Å²) in [6.45, 7) is 0.157. The lowest BCUT2D eigenvalue weighted by atomic mass is 9.82. The van der Waals surface area contributed by atoms with E-state index in [0.717, 1.165) is 10.5 Å². The number of carboxylic acid groups (broad SMARTS) is 1. The number of aromatic nitrogens is 1. The number of nitrogens with one attached hydrogen (secondary N) is 2. The number of piperidine rings is 1. The molecule has 42 heavy (non-hydrogen) atoms. The van der Waals surface area contributed by atoms with Gasteiger partial charge in [0.25, 0.3) is 5.91 Å². The zero-order chi connectivity index (χ0) is 30.0. The summed E-state index contributed by atoms with van der Waals surface area (Å²) in [6, 6.07) is 11.2. The highest BCUT2D eigenvalue weighted by molar-refractivity contribution is 6.31. The van der Waals surface area contributed by atoms with Gasteiger partial charge < -0.3 is 20.1 Å². The smallest absolute Gasteiger partial charge is 0.412 e. The third-order valence-corrected chi connectivity index (χ3v) is 7.73. The first-order valence-electron chi connectivity index (χ1n) is 13.1. The van der Waals surface area contributed by atoms with E-state index in [0.29, 0.717) is 18.7 Å². The first-order valence-corrected chi connectivity index (χ1v) is 13.5. The number of pyridine rings is 1. The predicted octanol–water partition coefficient (Wildman–Crippen LogP) is 4.41. The highest BCUT2D eigenvalue weighted by atomic mass is 35.5. The summed E-state index contributed by atoms with van der Waals surface area (Å²) in [6.07, 6.45) is 2.03. The molecule has 2 aromatic carbocycles. The van der Waals surface area contributed by atoms with Crippen LogP contribution in [0.4, 0.5) is 25.4 Å². The SMILES string of the molecule is CN(C(=O)O)c1ccc(C(=O)N[C@@H](Cc2ccncc2)C(=O)N2CCC[C@@]3(C2)OC(=O)Nc2ccc(Cl)c(F)c23)cc1. The van der Waals surface area contributed by atoms with Crippen molar-refractivity contribution in [2.45, 2.75) is 30.9 Å². The Hall–Kier alpha value is -4.71. The Kier molecular flexibility index (Phi) is 7.99. The van der Waals surface area contributed by atoms with Crippen LogP contribution in [0.3, 0.4) is 0 Å². The fraction of sp³-hybridized carbons (Fsp3) is 0.276. The lowest BCUT2D eigenvalue weighted by Gasteiger charge is -2.45. The largest absolute Gasteiger partial charge is 0.465 e. The van der Waals surface area contributed by atoms with E-state index < -0.39 is 41.5 Å². The number of nitrogens with zero attached hydrogens (tertiary/aromatic N) is 3. The molecule has 5 rings (SSSR count). The van der Waals surface area contributed by atoms with Crippen molar-refractivity contribution >= 4 is 47.0 Å². The molecule has 0 unspecified atom stereocenters. The third-order valence-electron chi connectivity index (χ3n) is 7.44. The van der Waals surface area contributed by atoms with E-state index in [1.165, 1.54) is 48.3 Å². The molecule has 0 bridgehead atoms. The number of carbonyl (C=O) groups is 4. The predicted molar refractivity (Wildman–Crippen MR) is 151 cm³/mol. The van der Waals surface area contributed by atoms with Crippen molar-refractivity contribution in [3.05, 3.63) is 88.5 Å². The molecule has 13 heteroatoms. The van der Waals surface area contributed by atoms with Crippen LogP contribution in [0.25, 0.3) is 0 Å². The topological polar surface area (TPSA) is 141 Å². The molecule has 1 aromatic heterocycles. The van der Waals surface area contributed by atoms with Crippen molar-refractivity contribution in [2.75, 3.05) is 30.4 Å². The average Bonchev–Trinajstić information content (AvgIpc) is 2.98. The van der Waals surface area contributed by atoms with Crippen LogP contribution in [0.15, 0.2) is 60.9 Å². The molecule has 0 radical (unpaired) electrons. The van der Waals surface area contributed by atoms with Gasteiger partial charge in [0.1, 0.15) is 6.04 Å². The van der Waals surface area contributed by atoms with Crippen LogP contribution < -0.4 is 15.5 Å². The summed E-state index contributed by atoms with van der Waals surface area (Å²) in [5.74, 6) is -1.72. The number of anilines is 2. The monoisotopic (exact) mass is 595 g/mol. The number of rotatable bonds is 6. The number of benzene rings is 2. The average molecular weight is 596 g/mol. The molecule has 4 amide bonds. The minimum atomic E-state index is -1.46. The molecule has 3 aromatic rings. The Morgan fingerprint density at radius 3 is 2.60 bits per heavy atom. The summed E-state index contributed by atoms with van der Waals surface area (Å²) >= 11 is 6.07. The minimum Gasteiger partial charge on any atom is -0.465 e. The van der Waals surface area contributed by atoms with Crippen LogP contribution in [0.5, 0.6) is 0 Å². The molecule has 2 atom stereocenters. The molecule has 11 nitrogen and oxygen atoms in total. The van der Waals surface area contributed by atoms with Crippen LogP contribution in [0.1, 0.15) is 34.3 Å². The fourth-order valence-corrected chi connectivity index (χ4v) is 5.48. The summed E-state index contributed by atoms with van der Waals surface area (Å²) in [5, 5.41) is 14.3.